The lowest BCUT2D eigenvalue weighted by atomic mass is 10.1. The summed E-state index contributed by atoms with van der Waals surface area (Å²) < 4.78 is 15.8. The molecule has 1 aliphatic rings. The monoisotopic (exact) mass is 347 g/mol. The van der Waals surface area contributed by atoms with Crippen molar-refractivity contribution in [2.24, 2.45) is 0 Å². The molecule has 0 aromatic heterocycles. The standard InChI is InChI=1S/C19H25NO5/c1-13(21)24-12-15-8-11-17(14-6-9-16(23-5)10-7-14)20(15)18(22)25-19(2,3)4/h6-11,15,17H,12H2,1-5H3/t15-,17-/m0/s1. The predicted molar refractivity (Wildman–Crippen MR) is 93.4 cm³/mol. The molecule has 0 unspecified atom stereocenters. The number of hydrogen-bond donors (Lipinski definition) is 0. The fraction of sp³-hybridized carbons (Fsp3) is 0.474. The number of nitrogens with zero attached hydrogens (tertiary/aromatic N) is 1. The fourth-order valence-electron chi connectivity index (χ4n) is 2.60. The van der Waals surface area contributed by atoms with E-state index in [0.29, 0.717) is 0 Å². The number of methoxy groups -OCH3 is 1. The maximum absolute atomic E-state index is 12.7. The van der Waals surface area contributed by atoms with Gasteiger partial charge in [0.1, 0.15) is 18.0 Å². The lowest BCUT2D eigenvalue weighted by Gasteiger charge is -2.32. The van der Waals surface area contributed by atoms with Crippen LogP contribution in [0, 0.1) is 0 Å². The van der Waals surface area contributed by atoms with E-state index >= 15 is 0 Å². The first-order valence-corrected chi connectivity index (χ1v) is 8.18. The summed E-state index contributed by atoms with van der Waals surface area (Å²) in [5, 5.41) is 0. The minimum absolute atomic E-state index is 0.0950. The summed E-state index contributed by atoms with van der Waals surface area (Å²) in [4.78, 5) is 25.4. The average Bonchev–Trinajstić information content (AvgIpc) is 2.95. The molecule has 0 saturated carbocycles. The molecule has 0 N–H and O–H groups in total. The Morgan fingerprint density at radius 3 is 2.28 bits per heavy atom. The second-order valence-electron chi connectivity index (χ2n) is 6.86. The first-order chi connectivity index (χ1) is 11.7. The summed E-state index contributed by atoms with van der Waals surface area (Å²) in [6.07, 6.45) is 3.33. The highest BCUT2D eigenvalue weighted by atomic mass is 16.6. The van der Waals surface area contributed by atoms with Gasteiger partial charge in [-0.25, -0.2) is 4.79 Å². The molecule has 0 radical (unpaired) electrons. The Labute approximate surface area is 148 Å². The number of esters is 1. The molecule has 1 amide bonds. The second kappa shape index (κ2) is 7.59. The molecule has 0 spiro atoms. The van der Waals surface area contributed by atoms with E-state index in [2.05, 4.69) is 0 Å². The number of benzene rings is 1. The molecule has 6 heteroatoms. The number of hydrogen-bond acceptors (Lipinski definition) is 5. The lowest BCUT2D eigenvalue weighted by Crippen LogP contribution is -2.43. The highest BCUT2D eigenvalue weighted by Crippen LogP contribution is 2.33. The third-order valence-electron chi connectivity index (χ3n) is 3.69. The molecule has 1 aromatic carbocycles. The second-order valence-corrected chi connectivity index (χ2v) is 6.86. The van der Waals surface area contributed by atoms with Crippen molar-refractivity contribution in [1.29, 1.82) is 0 Å². The Morgan fingerprint density at radius 1 is 1.12 bits per heavy atom. The van der Waals surface area contributed by atoms with E-state index in [9.17, 15) is 9.59 Å². The largest absolute Gasteiger partial charge is 0.497 e. The molecule has 25 heavy (non-hydrogen) atoms. The van der Waals surface area contributed by atoms with Gasteiger partial charge in [-0.3, -0.25) is 9.69 Å². The van der Waals surface area contributed by atoms with Crippen molar-refractivity contribution < 1.29 is 23.8 Å². The minimum atomic E-state index is -0.615. The third-order valence-corrected chi connectivity index (χ3v) is 3.69. The molecule has 0 bridgehead atoms. The van der Waals surface area contributed by atoms with Crippen molar-refractivity contribution in [3.63, 3.8) is 0 Å². The molecule has 2 rings (SSSR count). The van der Waals surface area contributed by atoms with Gasteiger partial charge in [0.25, 0.3) is 0 Å². The van der Waals surface area contributed by atoms with Crippen LogP contribution in [-0.2, 0) is 14.3 Å². The molecule has 0 aliphatic carbocycles. The number of carbonyl (C=O) groups excluding carboxylic acids is 2. The van der Waals surface area contributed by atoms with Gasteiger partial charge in [-0.05, 0) is 38.5 Å². The predicted octanol–water partition coefficient (Wildman–Crippen LogP) is 3.47. The van der Waals surface area contributed by atoms with E-state index in [-0.39, 0.29) is 24.7 Å². The number of ether oxygens (including phenoxy) is 3. The van der Waals surface area contributed by atoms with Crippen LogP contribution in [0.5, 0.6) is 5.75 Å². The van der Waals surface area contributed by atoms with Crippen LogP contribution in [-0.4, -0.2) is 42.3 Å². The number of rotatable bonds is 4. The summed E-state index contributed by atoms with van der Waals surface area (Å²) in [5.74, 6) is 0.358. The molecular formula is C19H25NO5. The van der Waals surface area contributed by atoms with Gasteiger partial charge in [-0.2, -0.15) is 0 Å². The summed E-state index contributed by atoms with van der Waals surface area (Å²) in [7, 11) is 1.60. The number of amides is 1. The van der Waals surface area contributed by atoms with Crippen molar-refractivity contribution in [2.75, 3.05) is 13.7 Å². The van der Waals surface area contributed by atoms with Crippen LogP contribution in [0.15, 0.2) is 36.4 Å². The Hall–Kier alpha value is -2.50. The van der Waals surface area contributed by atoms with E-state index in [1.807, 2.05) is 57.2 Å². The van der Waals surface area contributed by atoms with Gasteiger partial charge in [-0.1, -0.05) is 24.3 Å². The molecule has 1 heterocycles. The van der Waals surface area contributed by atoms with Gasteiger partial charge in [0.2, 0.25) is 0 Å². The molecule has 1 aliphatic heterocycles. The van der Waals surface area contributed by atoms with E-state index in [0.717, 1.165) is 11.3 Å². The van der Waals surface area contributed by atoms with Gasteiger partial charge in [0, 0.05) is 6.92 Å². The highest BCUT2D eigenvalue weighted by Gasteiger charge is 2.37. The van der Waals surface area contributed by atoms with Crippen LogP contribution in [0.1, 0.15) is 39.3 Å². The minimum Gasteiger partial charge on any atom is -0.497 e. The maximum Gasteiger partial charge on any atom is 0.411 e. The smallest absolute Gasteiger partial charge is 0.411 e. The van der Waals surface area contributed by atoms with Gasteiger partial charge >= 0.3 is 12.1 Å². The SMILES string of the molecule is COc1ccc([C@@H]2C=C[C@@H](COC(C)=O)N2C(=O)OC(C)(C)C)cc1. The van der Waals surface area contributed by atoms with Crippen molar-refractivity contribution in [2.45, 2.75) is 45.4 Å². The first-order valence-electron chi connectivity index (χ1n) is 8.18. The zero-order valence-electron chi connectivity index (χ0n) is 15.3. The summed E-state index contributed by atoms with van der Waals surface area (Å²) in [6, 6.07) is 6.83. The third kappa shape index (κ3) is 4.98. The molecule has 2 atom stereocenters. The van der Waals surface area contributed by atoms with Gasteiger partial charge in [0.05, 0.1) is 19.2 Å². The first kappa shape index (κ1) is 18.8. The Balaban J connectivity index is 2.25. The lowest BCUT2D eigenvalue weighted by molar-refractivity contribution is -0.142. The van der Waals surface area contributed by atoms with Gasteiger partial charge in [0.15, 0.2) is 0 Å². The van der Waals surface area contributed by atoms with Crippen molar-refractivity contribution in [3.8, 4) is 5.75 Å². The molecule has 0 saturated heterocycles. The average molecular weight is 347 g/mol. The van der Waals surface area contributed by atoms with Gasteiger partial charge in [-0.15, -0.1) is 0 Å². The highest BCUT2D eigenvalue weighted by molar-refractivity contribution is 5.71. The van der Waals surface area contributed by atoms with E-state index in [1.54, 1.807) is 12.0 Å². The molecule has 6 nitrogen and oxygen atoms in total. The molecule has 0 fully saturated rings. The van der Waals surface area contributed by atoms with Crippen molar-refractivity contribution >= 4 is 12.1 Å². The van der Waals surface area contributed by atoms with Crippen molar-refractivity contribution in [3.05, 3.63) is 42.0 Å². The molecular weight excluding hydrogens is 322 g/mol. The zero-order chi connectivity index (χ0) is 18.6. The van der Waals surface area contributed by atoms with Crippen LogP contribution in [0.2, 0.25) is 0 Å². The molecule has 1 aromatic rings. The van der Waals surface area contributed by atoms with Crippen LogP contribution < -0.4 is 4.74 Å². The fourth-order valence-corrected chi connectivity index (χ4v) is 2.60. The number of carbonyl (C=O) groups is 2. The van der Waals surface area contributed by atoms with Gasteiger partial charge < -0.3 is 14.2 Å². The van der Waals surface area contributed by atoms with Crippen LogP contribution >= 0.6 is 0 Å². The maximum atomic E-state index is 12.7. The quantitative estimate of drug-likeness (QED) is 0.616. The van der Waals surface area contributed by atoms with E-state index < -0.39 is 11.7 Å². The summed E-state index contributed by atoms with van der Waals surface area (Å²) >= 11 is 0. The normalized spacial score (nSPS) is 19.6. The van der Waals surface area contributed by atoms with E-state index in [1.165, 1.54) is 6.92 Å². The Kier molecular flexibility index (Phi) is 5.72. The summed E-state index contributed by atoms with van der Waals surface area (Å²) in [6.45, 7) is 6.89. The van der Waals surface area contributed by atoms with E-state index in [4.69, 9.17) is 14.2 Å². The van der Waals surface area contributed by atoms with Crippen LogP contribution in [0.25, 0.3) is 0 Å². The van der Waals surface area contributed by atoms with Crippen molar-refractivity contribution in [1.82, 2.24) is 4.90 Å². The Morgan fingerprint density at radius 2 is 1.76 bits per heavy atom. The zero-order valence-corrected chi connectivity index (χ0v) is 15.3. The summed E-state index contributed by atoms with van der Waals surface area (Å²) in [5.41, 5.74) is 0.309. The molecule has 136 valence electrons. The van der Waals surface area contributed by atoms with Crippen LogP contribution in [0.4, 0.5) is 4.79 Å². The topological polar surface area (TPSA) is 65.1 Å². The van der Waals surface area contributed by atoms with Crippen LogP contribution in [0.3, 0.4) is 0 Å². The Bertz CT molecular complexity index is 645.